The predicted octanol–water partition coefficient (Wildman–Crippen LogP) is 7.76. The van der Waals surface area contributed by atoms with Crippen molar-refractivity contribution in [2.45, 2.75) is 51.9 Å². The van der Waals surface area contributed by atoms with Gasteiger partial charge in [-0.25, -0.2) is 4.68 Å². The van der Waals surface area contributed by atoms with E-state index in [4.69, 9.17) is 19.6 Å². The summed E-state index contributed by atoms with van der Waals surface area (Å²) in [5.41, 5.74) is 4.89. The van der Waals surface area contributed by atoms with Crippen LogP contribution in [0.2, 0.25) is 0 Å². The molecular weight excluding hydrogens is 614 g/mol. The van der Waals surface area contributed by atoms with Crippen LogP contribution in [0.15, 0.2) is 87.6 Å². The Morgan fingerprint density at radius 1 is 1.05 bits per heavy atom. The molecule has 1 aliphatic rings. The summed E-state index contributed by atoms with van der Waals surface area (Å²) in [6.07, 6.45) is 1.01. The number of aryl methyl sites for hydroxylation is 1. The Morgan fingerprint density at radius 2 is 1.83 bits per heavy atom. The van der Waals surface area contributed by atoms with Crippen LogP contribution < -0.4 is 20.1 Å². The van der Waals surface area contributed by atoms with Crippen LogP contribution in [-0.4, -0.2) is 33.0 Å². The average Bonchev–Trinajstić information content (AvgIpc) is 3.39. The molecule has 3 aromatic carbocycles. The predicted molar refractivity (Wildman–Crippen MR) is 171 cm³/mol. The number of carbonyl (C=O) groups is 1. The first-order chi connectivity index (χ1) is 20.4. The van der Waals surface area contributed by atoms with E-state index in [-0.39, 0.29) is 5.91 Å². The Bertz CT molecular complexity index is 1600. The van der Waals surface area contributed by atoms with Crippen LogP contribution in [0.4, 0.5) is 11.6 Å². The minimum absolute atomic E-state index is 0.211. The maximum Gasteiger partial charge on any atom is 0.255 e. The molecule has 2 heterocycles. The third-order valence-electron chi connectivity index (χ3n) is 6.80. The van der Waals surface area contributed by atoms with Crippen LogP contribution in [0.25, 0.3) is 0 Å². The van der Waals surface area contributed by atoms with Crippen LogP contribution in [0.5, 0.6) is 11.5 Å². The van der Waals surface area contributed by atoms with E-state index in [1.54, 1.807) is 16.4 Å². The number of aromatic nitrogens is 3. The number of anilines is 2. The Labute approximate surface area is 259 Å². The molecule has 4 aromatic rings. The number of amides is 1. The number of hydrogen-bond acceptors (Lipinski definition) is 7. The third-order valence-corrected chi connectivity index (χ3v) is 8.37. The molecule has 0 saturated heterocycles. The molecule has 5 rings (SSSR count). The number of carbonyl (C=O) groups excluding carboxylic acids is 1. The number of rotatable bonds is 11. The van der Waals surface area contributed by atoms with E-state index < -0.39 is 6.04 Å². The zero-order chi connectivity index (χ0) is 29.6. The van der Waals surface area contributed by atoms with Gasteiger partial charge in [0.25, 0.3) is 5.91 Å². The van der Waals surface area contributed by atoms with Crippen LogP contribution >= 0.6 is 27.7 Å². The van der Waals surface area contributed by atoms with Crippen LogP contribution in [-0.2, 0) is 11.4 Å². The molecule has 8 nitrogen and oxygen atoms in total. The molecule has 0 fully saturated rings. The molecule has 10 heteroatoms. The monoisotopic (exact) mass is 647 g/mol. The van der Waals surface area contributed by atoms with E-state index in [1.165, 1.54) is 0 Å². The quantitative estimate of drug-likeness (QED) is 0.161. The molecule has 1 atom stereocenters. The number of benzene rings is 3. The zero-order valence-electron chi connectivity index (χ0n) is 24.1. The second-order valence-electron chi connectivity index (χ2n) is 9.90. The standard InChI is InChI=1S/C32H34BrN5O3S/c1-5-17-42-32-36-31-34-21(4)28(30(39)35-25-10-8-7-9-20(25)3)29(38(31)37-32)23-13-16-26(27(18-23)40-6-2)41-19-22-11-14-24(33)15-12-22/h7-16,18,29H,5-6,17,19H2,1-4H3,(H,35,39)(H,34,36,37). The summed E-state index contributed by atoms with van der Waals surface area (Å²) in [5.74, 6) is 2.51. The lowest BCUT2D eigenvalue weighted by Crippen LogP contribution is -2.31. The first kappa shape index (κ1) is 29.7. The van der Waals surface area contributed by atoms with Gasteiger partial charge in [-0.1, -0.05) is 71.0 Å². The van der Waals surface area contributed by atoms with Crippen LogP contribution in [0.3, 0.4) is 0 Å². The number of nitrogens with one attached hydrogen (secondary N) is 2. The van der Waals surface area contributed by atoms with Gasteiger partial charge in [-0.05, 0) is 74.2 Å². The highest BCUT2D eigenvalue weighted by Crippen LogP contribution is 2.40. The Morgan fingerprint density at radius 3 is 2.57 bits per heavy atom. The van der Waals surface area contributed by atoms with Crippen molar-refractivity contribution >= 4 is 45.2 Å². The van der Waals surface area contributed by atoms with Gasteiger partial charge in [0.1, 0.15) is 12.6 Å². The number of para-hydroxylation sites is 1. The van der Waals surface area contributed by atoms with Gasteiger partial charge in [0.05, 0.1) is 12.2 Å². The molecule has 0 saturated carbocycles. The van der Waals surface area contributed by atoms with E-state index in [9.17, 15) is 4.79 Å². The van der Waals surface area contributed by atoms with E-state index in [0.29, 0.717) is 47.1 Å². The average molecular weight is 649 g/mol. The molecule has 0 radical (unpaired) electrons. The fraction of sp³-hybridized carbons (Fsp3) is 0.281. The van der Waals surface area contributed by atoms with Gasteiger partial charge in [-0.3, -0.25) is 4.79 Å². The van der Waals surface area contributed by atoms with E-state index in [0.717, 1.165) is 39.0 Å². The lowest BCUT2D eigenvalue weighted by Gasteiger charge is -2.29. The number of hydrogen-bond donors (Lipinski definition) is 2. The van der Waals surface area contributed by atoms with Crippen molar-refractivity contribution in [3.05, 3.63) is 99.2 Å². The number of thioether (sulfide) groups is 1. The summed E-state index contributed by atoms with van der Waals surface area (Å²) in [7, 11) is 0. The molecule has 218 valence electrons. The number of allylic oxidation sites excluding steroid dienone is 1. The second-order valence-corrected chi connectivity index (χ2v) is 11.9. The SMILES string of the molecule is CCCSc1nc2n(n1)C(c1ccc(OCc3ccc(Br)cc3)c(OCC)c1)C(C(=O)Nc1ccccc1C)=C(C)N2. The number of nitrogens with zero attached hydrogens (tertiary/aromatic N) is 3. The number of fused-ring (bicyclic) bond motifs is 1. The van der Waals surface area contributed by atoms with E-state index >= 15 is 0 Å². The maximum atomic E-state index is 13.9. The highest BCUT2D eigenvalue weighted by molar-refractivity contribution is 9.10. The van der Waals surface area contributed by atoms with Gasteiger partial charge in [0.2, 0.25) is 11.1 Å². The summed E-state index contributed by atoms with van der Waals surface area (Å²) >= 11 is 5.07. The van der Waals surface area contributed by atoms with Crippen LogP contribution in [0, 0.1) is 6.92 Å². The maximum absolute atomic E-state index is 13.9. The normalized spacial score (nSPS) is 14.3. The molecule has 0 spiro atoms. The molecule has 1 unspecified atom stereocenters. The third kappa shape index (κ3) is 6.65. The van der Waals surface area contributed by atoms with Crippen molar-refractivity contribution in [2.24, 2.45) is 0 Å². The minimum atomic E-state index is -0.534. The molecule has 1 amide bonds. The highest BCUT2D eigenvalue weighted by Gasteiger charge is 2.35. The Kier molecular flexibility index (Phi) is 9.54. The van der Waals surface area contributed by atoms with Gasteiger partial charge in [0, 0.05) is 21.6 Å². The fourth-order valence-electron chi connectivity index (χ4n) is 4.71. The van der Waals surface area contributed by atoms with Gasteiger partial charge in [-0.15, -0.1) is 5.10 Å². The van der Waals surface area contributed by atoms with Crippen molar-refractivity contribution in [1.82, 2.24) is 14.8 Å². The van der Waals surface area contributed by atoms with Gasteiger partial charge >= 0.3 is 0 Å². The van der Waals surface area contributed by atoms with Crippen molar-refractivity contribution in [2.75, 3.05) is 23.0 Å². The lowest BCUT2D eigenvalue weighted by atomic mass is 9.94. The van der Waals surface area contributed by atoms with Crippen molar-refractivity contribution < 1.29 is 14.3 Å². The molecule has 1 aromatic heterocycles. The molecule has 0 aliphatic carbocycles. The van der Waals surface area contributed by atoms with Gasteiger partial charge in [0.15, 0.2) is 11.5 Å². The Hall–Kier alpha value is -3.76. The van der Waals surface area contributed by atoms with Crippen molar-refractivity contribution in [3.8, 4) is 11.5 Å². The summed E-state index contributed by atoms with van der Waals surface area (Å²) in [4.78, 5) is 18.7. The van der Waals surface area contributed by atoms with E-state index in [2.05, 4.69) is 33.5 Å². The fourth-order valence-corrected chi connectivity index (χ4v) is 5.66. The number of halogens is 1. The molecule has 1 aliphatic heterocycles. The number of ether oxygens (including phenoxy) is 2. The first-order valence-corrected chi connectivity index (χ1v) is 15.7. The van der Waals surface area contributed by atoms with E-state index in [1.807, 2.05) is 87.5 Å². The summed E-state index contributed by atoms with van der Waals surface area (Å²) < 4.78 is 15.0. The summed E-state index contributed by atoms with van der Waals surface area (Å²) in [6, 6.07) is 21.0. The minimum Gasteiger partial charge on any atom is -0.490 e. The highest BCUT2D eigenvalue weighted by atomic mass is 79.9. The smallest absolute Gasteiger partial charge is 0.255 e. The zero-order valence-corrected chi connectivity index (χ0v) is 26.5. The topological polar surface area (TPSA) is 90.3 Å². The lowest BCUT2D eigenvalue weighted by molar-refractivity contribution is -0.113. The summed E-state index contributed by atoms with van der Waals surface area (Å²) in [5, 5.41) is 11.9. The van der Waals surface area contributed by atoms with Crippen molar-refractivity contribution in [1.29, 1.82) is 0 Å². The molecule has 2 N–H and O–H groups in total. The largest absolute Gasteiger partial charge is 0.490 e. The van der Waals surface area contributed by atoms with Gasteiger partial charge in [-0.2, -0.15) is 4.98 Å². The van der Waals surface area contributed by atoms with Crippen molar-refractivity contribution in [3.63, 3.8) is 0 Å². The first-order valence-electron chi connectivity index (χ1n) is 14.0. The molecule has 0 bridgehead atoms. The summed E-state index contributed by atoms with van der Waals surface area (Å²) in [6.45, 7) is 8.80. The second kappa shape index (κ2) is 13.5. The Balaban J connectivity index is 1.53. The van der Waals surface area contributed by atoms with Crippen LogP contribution in [0.1, 0.15) is 49.9 Å². The molecule has 42 heavy (non-hydrogen) atoms. The molecular formula is C32H34BrN5O3S. The van der Waals surface area contributed by atoms with Gasteiger partial charge < -0.3 is 20.1 Å².